The van der Waals surface area contributed by atoms with Crippen molar-refractivity contribution in [1.29, 1.82) is 10.5 Å². The molecule has 0 amide bonds. The first-order chi connectivity index (χ1) is 21.9. The van der Waals surface area contributed by atoms with Gasteiger partial charge in [-0.3, -0.25) is 0 Å². The molecule has 0 radical (unpaired) electrons. The zero-order valence-corrected chi connectivity index (χ0v) is 26.8. The smallest absolute Gasteiger partial charge is 0.186 e. The van der Waals surface area contributed by atoms with Gasteiger partial charge in [-0.2, -0.15) is 15.6 Å². The van der Waals surface area contributed by atoms with Crippen molar-refractivity contribution in [3.63, 3.8) is 0 Å². The molecule has 2 fully saturated rings. The van der Waals surface area contributed by atoms with E-state index in [0.29, 0.717) is 39.5 Å². The van der Waals surface area contributed by atoms with Crippen molar-refractivity contribution in [3.05, 3.63) is 33.0 Å². The molecule has 0 aromatic carbocycles. The molecule has 4 aromatic heterocycles. The second-order valence-corrected chi connectivity index (χ2v) is 14.5. The van der Waals surface area contributed by atoms with Crippen molar-refractivity contribution < 1.29 is 4.52 Å². The standard InChI is InChI=1S/C33H38N10OS/c1-19(23-10-8-14-41(23)2)43-32-25(22(18-35)39-43)31(42-15-4-3-5-16-42)37-30(38-32)27-20-9-6-12-33(28(20)44-40-27)13-7-11-24-26(33)21(17-34)29(36)45-24/h19,23H,3-16,36H2,1-2H3. The Morgan fingerprint density at radius 3 is 2.56 bits per heavy atom. The monoisotopic (exact) mass is 622 g/mol. The van der Waals surface area contributed by atoms with Crippen LogP contribution in [0.4, 0.5) is 10.8 Å². The molecule has 2 aliphatic carbocycles. The molecule has 2 N–H and O–H groups in total. The van der Waals surface area contributed by atoms with E-state index in [-0.39, 0.29) is 6.04 Å². The highest BCUT2D eigenvalue weighted by Crippen LogP contribution is 2.55. The number of nitriles is 2. The van der Waals surface area contributed by atoms with Crippen LogP contribution in [0.3, 0.4) is 0 Å². The van der Waals surface area contributed by atoms with E-state index in [4.69, 9.17) is 30.5 Å². The van der Waals surface area contributed by atoms with Crippen LogP contribution in [-0.2, 0) is 18.3 Å². The minimum atomic E-state index is -0.414. The summed E-state index contributed by atoms with van der Waals surface area (Å²) >= 11 is 1.55. The number of thiophene rings is 1. The zero-order valence-electron chi connectivity index (χ0n) is 26.0. The Morgan fingerprint density at radius 2 is 1.82 bits per heavy atom. The number of piperidine rings is 1. The number of nitrogens with zero attached hydrogens (tertiary/aromatic N) is 9. The molecule has 4 aliphatic rings. The summed E-state index contributed by atoms with van der Waals surface area (Å²) in [6.45, 7) is 4.99. The number of hydrogen-bond donors (Lipinski definition) is 1. The van der Waals surface area contributed by atoms with Gasteiger partial charge in [0.05, 0.1) is 22.4 Å². The van der Waals surface area contributed by atoms with Crippen LogP contribution in [0.1, 0.15) is 104 Å². The van der Waals surface area contributed by atoms with Gasteiger partial charge in [0.2, 0.25) is 0 Å². The molecule has 0 bridgehead atoms. The summed E-state index contributed by atoms with van der Waals surface area (Å²) in [5.41, 5.74) is 10.4. The molecule has 8 rings (SSSR count). The number of aryl methyl sites for hydroxylation is 1. The molecule has 45 heavy (non-hydrogen) atoms. The fraction of sp³-hybridized carbons (Fsp3) is 0.576. The van der Waals surface area contributed by atoms with Gasteiger partial charge in [-0.1, -0.05) is 5.16 Å². The van der Waals surface area contributed by atoms with E-state index in [0.717, 1.165) is 112 Å². The number of nitrogen functional groups attached to an aromatic ring is 1. The van der Waals surface area contributed by atoms with Gasteiger partial charge < -0.3 is 20.1 Å². The van der Waals surface area contributed by atoms with Gasteiger partial charge in [-0.15, -0.1) is 11.3 Å². The summed E-state index contributed by atoms with van der Waals surface area (Å²) in [6.07, 6.45) is 11.1. The van der Waals surface area contributed by atoms with Crippen LogP contribution in [0.2, 0.25) is 0 Å². The summed E-state index contributed by atoms with van der Waals surface area (Å²) in [5, 5.41) is 31.3. The molecule has 2 saturated heterocycles. The first-order valence-electron chi connectivity index (χ1n) is 16.4. The molecule has 4 aromatic rings. The lowest BCUT2D eigenvalue weighted by molar-refractivity contribution is 0.232. The average molecular weight is 623 g/mol. The average Bonchev–Trinajstić information content (AvgIpc) is 3.85. The first-order valence-corrected chi connectivity index (χ1v) is 17.2. The summed E-state index contributed by atoms with van der Waals surface area (Å²) in [4.78, 5) is 16.3. The van der Waals surface area contributed by atoms with Crippen molar-refractivity contribution in [2.45, 2.75) is 95.1 Å². The van der Waals surface area contributed by atoms with E-state index in [1.807, 2.05) is 4.68 Å². The van der Waals surface area contributed by atoms with Crippen molar-refractivity contribution in [2.24, 2.45) is 0 Å². The highest BCUT2D eigenvalue weighted by atomic mass is 32.1. The maximum Gasteiger partial charge on any atom is 0.186 e. The number of anilines is 2. The Labute approximate surface area is 266 Å². The largest absolute Gasteiger partial charge is 0.389 e. The van der Waals surface area contributed by atoms with E-state index in [9.17, 15) is 10.5 Å². The van der Waals surface area contributed by atoms with E-state index in [2.05, 4.69) is 35.9 Å². The molecule has 11 nitrogen and oxygen atoms in total. The summed E-state index contributed by atoms with van der Waals surface area (Å²) in [7, 11) is 2.16. The highest BCUT2D eigenvalue weighted by Gasteiger charge is 2.49. The molecule has 0 saturated carbocycles. The Hall–Kier alpha value is -4.00. The van der Waals surface area contributed by atoms with Gasteiger partial charge in [0.25, 0.3) is 0 Å². The second-order valence-electron chi connectivity index (χ2n) is 13.3. The number of fused-ring (bicyclic) bond motifs is 5. The lowest BCUT2D eigenvalue weighted by atomic mass is 9.63. The fourth-order valence-electron chi connectivity index (χ4n) is 8.75. The third kappa shape index (κ3) is 4.22. The molecule has 3 unspecified atom stereocenters. The number of nitrogens with two attached hydrogens (primary N) is 1. The van der Waals surface area contributed by atoms with Crippen LogP contribution < -0.4 is 10.6 Å². The summed E-state index contributed by atoms with van der Waals surface area (Å²) in [5.74, 6) is 2.13. The van der Waals surface area contributed by atoms with Gasteiger partial charge in [-0.25, -0.2) is 14.6 Å². The van der Waals surface area contributed by atoms with Crippen molar-refractivity contribution in [2.75, 3.05) is 37.3 Å². The number of hydrogen-bond acceptors (Lipinski definition) is 11. The van der Waals surface area contributed by atoms with Crippen LogP contribution in [0.25, 0.3) is 22.6 Å². The van der Waals surface area contributed by atoms with E-state index >= 15 is 0 Å². The predicted molar refractivity (Wildman–Crippen MR) is 172 cm³/mol. The fourth-order valence-corrected chi connectivity index (χ4v) is 9.91. The Balaban J connectivity index is 1.33. The van der Waals surface area contributed by atoms with E-state index in [1.54, 1.807) is 11.3 Å². The maximum atomic E-state index is 10.3. The first kappa shape index (κ1) is 28.5. The highest BCUT2D eigenvalue weighted by molar-refractivity contribution is 7.16. The minimum Gasteiger partial charge on any atom is -0.389 e. The van der Waals surface area contributed by atoms with Crippen molar-refractivity contribution in [3.8, 4) is 23.7 Å². The third-order valence-corrected chi connectivity index (χ3v) is 12.0. The second kappa shape index (κ2) is 10.8. The summed E-state index contributed by atoms with van der Waals surface area (Å²) < 4.78 is 8.29. The van der Waals surface area contributed by atoms with Gasteiger partial charge in [0.1, 0.15) is 23.0 Å². The lowest BCUT2D eigenvalue weighted by Crippen LogP contribution is -2.35. The molecule has 1 spiro atoms. The molecular formula is C33H38N10OS. The molecule has 2 aliphatic heterocycles. The Morgan fingerprint density at radius 1 is 1.02 bits per heavy atom. The Bertz CT molecular complexity index is 1880. The molecule has 12 heteroatoms. The lowest BCUT2D eigenvalue weighted by Gasteiger charge is -2.39. The van der Waals surface area contributed by atoms with Crippen LogP contribution in [0.15, 0.2) is 4.52 Å². The van der Waals surface area contributed by atoms with Gasteiger partial charge >= 0.3 is 0 Å². The van der Waals surface area contributed by atoms with Crippen LogP contribution in [-0.4, -0.2) is 62.5 Å². The quantitative estimate of drug-likeness (QED) is 0.310. The van der Waals surface area contributed by atoms with E-state index < -0.39 is 5.41 Å². The van der Waals surface area contributed by atoms with Crippen molar-refractivity contribution in [1.82, 2.24) is 29.8 Å². The van der Waals surface area contributed by atoms with Crippen LogP contribution in [0, 0.1) is 22.7 Å². The number of likely N-dealkylation sites (tertiary alicyclic amines) is 1. The topological polar surface area (TPSA) is 150 Å². The number of aromatic nitrogens is 5. The predicted octanol–water partition coefficient (Wildman–Crippen LogP) is 5.47. The van der Waals surface area contributed by atoms with Gasteiger partial charge in [-0.05, 0) is 96.7 Å². The Kier molecular flexibility index (Phi) is 6.84. The maximum absolute atomic E-state index is 10.3. The molecular weight excluding hydrogens is 584 g/mol. The third-order valence-electron chi connectivity index (χ3n) is 10.9. The van der Waals surface area contributed by atoms with Gasteiger partial charge in [0, 0.05) is 29.6 Å². The van der Waals surface area contributed by atoms with E-state index in [1.165, 1.54) is 11.3 Å². The molecule has 232 valence electrons. The number of likely N-dealkylation sites (N-methyl/N-ethyl adjacent to an activating group) is 1. The zero-order chi connectivity index (χ0) is 30.9. The normalized spacial score (nSPS) is 24.0. The van der Waals surface area contributed by atoms with Gasteiger partial charge in [0.15, 0.2) is 28.6 Å². The summed E-state index contributed by atoms with van der Waals surface area (Å²) in [6, 6.07) is 5.12. The number of rotatable bonds is 4. The van der Waals surface area contributed by atoms with Crippen LogP contribution in [0.5, 0.6) is 0 Å². The SMILES string of the molecule is CC(C1CCCN1C)n1nc(C#N)c2c(N3CCCCC3)nc(-c3noc4c3CCCC43CCCc4sc(N)c(C#N)c43)nc21. The van der Waals surface area contributed by atoms with Crippen molar-refractivity contribution >= 4 is 33.2 Å². The molecule has 6 heterocycles. The molecule has 3 atom stereocenters. The van der Waals surface area contributed by atoms with Crippen LogP contribution >= 0.6 is 11.3 Å². The minimum absolute atomic E-state index is 0.0302.